The highest BCUT2D eigenvalue weighted by Crippen LogP contribution is 2.24. The van der Waals surface area contributed by atoms with E-state index >= 15 is 0 Å². The summed E-state index contributed by atoms with van der Waals surface area (Å²) in [4.78, 5) is 24.2. The van der Waals surface area contributed by atoms with Gasteiger partial charge < -0.3 is 10.1 Å². The maximum Gasteiger partial charge on any atom is 0.338 e. The number of nitrogens with one attached hydrogen (secondary N) is 1. The highest BCUT2D eigenvalue weighted by molar-refractivity contribution is 6.03. The van der Waals surface area contributed by atoms with Gasteiger partial charge in [0.1, 0.15) is 11.6 Å². The average molecular weight is 326 g/mol. The van der Waals surface area contributed by atoms with E-state index in [1.165, 1.54) is 19.6 Å². The van der Waals surface area contributed by atoms with Gasteiger partial charge in [-0.25, -0.2) is 4.79 Å². The van der Waals surface area contributed by atoms with Crippen LogP contribution in [0.25, 0.3) is 6.08 Å². The fourth-order valence-corrected chi connectivity index (χ4v) is 3.00. The number of methoxy groups -OCH3 is 1. The Kier molecular flexibility index (Phi) is 6.14. The van der Waals surface area contributed by atoms with Gasteiger partial charge in [-0.1, -0.05) is 38.0 Å². The number of rotatable bonds is 4. The molecule has 24 heavy (non-hydrogen) atoms. The summed E-state index contributed by atoms with van der Waals surface area (Å²) in [5.74, 6) is -0.485. The molecule has 1 fully saturated rings. The maximum atomic E-state index is 12.4. The van der Waals surface area contributed by atoms with E-state index in [0.29, 0.717) is 17.0 Å². The Morgan fingerprint density at radius 3 is 2.67 bits per heavy atom. The van der Waals surface area contributed by atoms with Gasteiger partial charge in [-0.05, 0) is 36.5 Å². The van der Waals surface area contributed by atoms with Crippen molar-refractivity contribution in [2.75, 3.05) is 7.11 Å². The topological polar surface area (TPSA) is 79.2 Å². The smallest absolute Gasteiger partial charge is 0.338 e. The molecule has 1 saturated carbocycles. The normalized spacial score (nSPS) is 20.8. The van der Waals surface area contributed by atoms with Gasteiger partial charge in [0.05, 0.1) is 12.7 Å². The zero-order chi connectivity index (χ0) is 17.5. The standard InChI is InChI=1S/C19H22N2O3/c1-13-7-3-6-10-17(13)21-18(22)15(12-20)11-14-8-4-5-9-16(14)19(23)24-2/h4-5,8-9,11,13,17H,3,6-7,10H2,1-2H3,(H,21,22)/b15-11+/t13-,17+/m0/s1. The van der Waals surface area contributed by atoms with Crippen molar-refractivity contribution in [3.8, 4) is 6.07 Å². The van der Waals surface area contributed by atoms with Gasteiger partial charge in [-0.15, -0.1) is 0 Å². The Morgan fingerprint density at radius 2 is 2.00 bits per heavy atom. The van der Waals surface area contributed by atoms with Crippen LogP contribution in [0.1, 0.15) is 48.5 Å². The minimum atomic E-state index is -0.500. The Balaban J connectivity index is 2.22. The molecule has 1 aromatic rings. The molecule has 1 N–H and O–H groups in total. The van der Waals surface area contributed by atoms with Gasteiger partial charge >= 0.3 is 5.97 Å². The molecule has 0 saturated heterocycles. The van der Waals surface area contributed by atoms with Crippen LogP contribution in [0.4, 0.5) is 0 Å². The molecule has 0 heterocycles. The van der Waals surface area contributed by atoms with E-state index in [9.17, 15) is 14.9 Å². The van der Waals surface area contributed by atoms with Crippen LogP contribution < -0.4 is 5.32 Å². The van der Waals surface area contributed by atoms with E-state index < -0.39 is 11.9 Å². The Bertz CT molecular complexity index is 688. The largest absolute Gasteiger partial charge is 0.465 e. The van der Waals surface area contributed by atoms with Gasteiger partial charge in [0.15, 0.2) is 0 Å². The molecule has 0 unspecified atom stereocenters. The molecule has 0 aromatic heterocycles. The van der Waals surface area contributed by atoms with E-state index in [2.05, 4.69) is 12.2 Å². The van der Waals surface area contributed by atoms with Gasteiger partial charge in [0.25, 0.3) is 5.91 Å². The molecule has 5 nitrogen and oxygen atoms in total. The van der Waals surface area contributed by atoms with Crippen molar-refractivity contribution < 1.29 is 14.3 Å². The molecular weight excluding hydrogens is 304 g/mol. The molecule has 0 radical (unpaired) electrons. The molecule has 2 rings (SSSR count). The van der Waals surface area contributed by atoms with E-state index in [0.717, 1.165) is 19.3 Å². The van der Waals surface area contributed by atoms with Crippen LogP contribution >= 0.6 is 0 Å². The van der Waals surface area contributed by atoms with E-state index in [-0.39, 0.29) is 11.6 Å². The van der Waals surface area contributed by atoms with Crippen molar-refractivity contribution in [1.82, 2.24) is 5.32 Å². The first-order chi connectivity index (χ1) is 11.6. The molecule has 0 bridgehead atoms. The molecule has 1 aliphatic rings. The predicted molar refractivity (Wildman–Crippen MR) is 90.9 cm³/mol. The molecule has 1 aliphatic carbocycles. The van der Waals surface area contributed by atoms with Crippen LogP contribution in [0.15, 0.2) is 29.8 Å². The molecule has 0 aliphatic heterocycles. The molecule has 2 atom stereocenters. The third-order valence-corrected chi connectivity index (χ3v) is 4.46. The van der Waals surface area contributed by atoms with Crippen molar-refractivity contribution in [2.45, 2.75) is 38.6 Å². The first-order valence-electron chi connectivity index (χ1n) is 8.16. The van der Waals surface area contributed by atoms with Gasteiger partial charge in [-0.2, -0.15) is 5.26 Å². The van der Waals surface area contributed by atoms with Gasteiger partial charge in [0, 0.05) is 6.04 Å². The predicted octanol–water partition coefficient (Wildman–Crippen LogP) is 3.08. The third-order valence-electron chi connectivity index (χ3n) is 4.46. The molecular formula is C19H22N2O3. The Hall–Kier alpha value is -2.61. The van der Waals surface area contributed by atoms with E-state index in [1.807, 2.05) is 6.07 Å². The zero-order valence-corrected chi connectivity index (χ0v) is 14.0. The molecule has 0 spiro atoms. The lowest BCUT2D eigenvalue weighted by molar-refractivity contribution is -0.118. The fraction of sp³-hybridized carbons (Fsp3) is 0.421. The SMILES string of the molecule is COC(=O)c1ccccc1/C=C(\C#N)C(=O)N[C@@H]1CCCC[C@@H]1C. The lowest BCUT2D eigenvalue weighted by atomic mass is 9.86. The van der Waals surface area contributed by atoms with Crippen molar-refractivity contribution >= 4 is 18.0 Å². The molecule has 126 valence electrons. The Labute approximate surface area is 142 Å². The number of hydrogen-bond donors (Lipinski definition) is 1. The van der Waals surface area contributed by atoms with Crippen molar-refractivity contribution in [1.29, 1.82) is 5.26 Å². The summed E-state index contributed by atoms with van der Waals surface area (Å²) >= 11 is 0. The lowest BCUT2D eigenvalue weighted by Crippen LogP contribution is -2.41. The third kappa shape index (κ3) is 4.23. The number of carbonyl (C=O) groups is 2. The average Bonchev–Trinajstić information content (AvgIpc) is 2.61. The number of nitrogens with zero attached hydrogens (tertiary/aromatic N) is 1. The maximum absolute atomic E-state index is 12.4. The van der Waals surface area contributed by atoms with Gasteiger partial charge in [-0.3, -0.25) is 4.79 Å². The number of benzene rings is 1. The second-order valence-electron chi connectivity index (χ2n) is 6.09. The molecule has 1 amide bonds. The summed E-state index contributed by atoms with van der Waals surface area (Å²) in [5.41, 5.74) is 0.809. The van der Waals surface area contributed by atoms with Crippen LogP contribution in [0.5, 0.6) is 0 Å². The lowest BCUT2D eigenvalue weighted by Gasteiger charge is -2.29. The number of esters is 1. The summed E-state index contributed by atoms with van der Waals surface area (Å²) in [5, 5.41) is 12.3. The Morgan fingerprint density at radius 1 is 1.29 bits per heavy atom. The number of nitriles is 1. The van der Waals surface area contributed by atoms with Crippen LogP contribution in [0, 0.1) is 17.2 Å². The fourth-order valence-electron chi connectivity index (χ4n) is 3.00. The monoisotopic (exact) mass is 326 g/mol. The first-order valence-corrected chi connectivity index (χ1v) is 8.16. The van der Waals surface area contributed by atoms with Crippen LogP contribution in [-0.4, -0.2) is 25.0 Å². The van der Waals surface area contributed by atoms with Crippen LogP contribution in [0.3, 0.4) is 0 Å². The summed E-state index contributed by atoms with van der Waals surface area (Å²) in [6.45, 7) is 2.12. The van der Waals surface area contributed by atoms with Gasteiger partial charge in [0.2, 0.25) is 0 Å². The minimum Gasteiger partial charge on any atom is -0.465 e. The van der Waals surface area contributed by atoms with Crippen LogP contribution in [-0.2, 0) is 9.53 Å². The number of carbonyl (C=O) groups excluding carboxylic acids is 2. The minimum absolute atomic E-state index is 0.0101. The number of amides is 1. The molecule has 1 aromatic carbocycles. The van der Waals surface area contributed by atoms with E-state index in [4.69, 9.17) is 4.74 Å². The summed E-state index contributed by atoms with van der Waals surface area (Å²) in [7, 11) is 1.30. The summed E-state index contributed by atoms with van der Waals surface area (Å²) in [6, 6.07) is 8.77. The molecule has 5 heteroatoms. The second kappa shape index (κ2) is 8.30. The van der Waals surface area contributed by atoms with E-state index in [1.54, 1.807) is 24.3 Å². The number of hydrogen-bond acceptors (Lipinski definition) is 4. The van der Waals surface area contributed by atoms with Crippen molar-refractivity contribution in [3.63, 3.8) is 0 Å². The van der Waals surface area contributed by atoms with Crippen molar-refractivity contribution in [3.05, 3.63) is 41.0 Å². The quantitative estimate of drug-likeness (QED) is 0.524. The summed E-state index contributed by atoms with van der Waals surface area (Å²) in [6.07, 6.45) is 5.73. The van der Waals surface area contributed by atoms with Crippen molar-refractivity contribution in [2.24, 2.45) is 5.92 Å². The number of ether oxygens (including phenoxy) is 1. The highest BCUT2D eigenvalue weighted by atomic mass is 16.5. The van der Waals surface area contributed by atoms with Crippen LogP contribution in [0.2, 0.25) is 0 Å². The zero-order valence-electron chi connectivity index (χ0n) is 14.0. The summed E-state index contributed by atoms with van der Waals surface area (Å²) < 4.78 is 4.74. The highest BCUT2D eigenvalue weighted by Gasteiger charge is 2.24. The second-order valence-corrected chi connectivity index (χ2v) is 6.09. The first kappa shape index (κ1) is 17.7.